The normalized spacial score (nSPS) is 42.3. The van der Waals surface area contributed by atoms with Crippen LogP contribution in [0.2, 0.25) is 0 Å². The van der Waals surface area contributed by atoms with Crippen molar-refractivity contribution in [2.45, 2.75) is 76.5 Å². The summed E-state index contributed by atoms with van der Waals surface area (Å²) in [5.41, 5.74) is -7.60. The first-order valence-corrected chi connectivity index (χ1v) is 13.9. The summed E-state index contributed by atoms with van der Waals surface area (Å²) in [6.45, 7) is 5.21. The van der Waals surface area contributed by atoms with Gasteiger partial charge in [-0.3, -0.25) is 9.59 Å². The molecule has 0 aliphatic heterocycles. The van der Waals surface area contributed by atoms with Gasteiger partial charge >= 0.3 is 11.9 Å². The number of aliphatic hydroxyl groups is 1. The van der Waals surface area contributed by atoms with E-state index < -0.39 is 88.4 Å². The number of amides is 1. The second kappa shape index (κ2) is 10.2. The Kier molecular flexibility index (Phi) is 7.73. The lowest BCUT2D eigenvalue weighted by atomic mass is 9.44. The standard InChI is InChI=1S/C28H34F2N2O7S/c1-14-9-17-18-11-20(29)19-10-16(34)5-6-25(19,3)27(18,30)22(35)12-26(17,4)28(14,24(37)38-8-7-31)39-23(36)21(13-40)32-15(2)33/h5-6,10,14,17-18,20-22,35,40H,8-9,11-13H2,1-4H3,(H,32,33)/t14-,17+,18+,20+,21+,22+,25+,26+,27+,28+/m1/s1. The van der Waals surface area contributed by atoms with E-state index in [-0.39, 0.29) is 30.6 Å². The van der Waals surface area contributed by atoms with Gasteiger partial charge in [0, 0.05) is 35.3 Å². The molecule has 0 saturated heterocycles. The van der Waals surface area contributed by atoms with Crippen LogP contribution in [0.4, 0.5) is 8.78 Å². The van der Waals surface area contributed by atoms with Gasteiger partial charge in [-0.25, -0.2) is 18.4 Å². The Balaban J connectivity index is 1.84. The molecule has 218 valence electrons. The molecular formula is C28H34F2N2O7S. The van der Waals surface area contributed by atoms with Crippen LogP contribution in [0.25, 0.3) is 0 Å². The van der Waals surface area contributed by atoms with Crippen LogP contribution in [0.3, 0.4) is 0 Å². The van der Waals surface area contributed by atoms with Crippen LogP contribution in [0.5, 0.6) is 0 Å². The van der Waals surface area contributed by atoms with Crippen molar-refractivity contribution in [3.8, 4) is 6.07 Å². The molecule has 0 heterocycles. The Bertz CT molecular complexity index is 1240. The summed E-state index contributed by atoms with van der Waals surface area (Å²) < 4.78 is 44.3. The number of nitrogens with zero attached hydrogens (tertiary/aromatic N) is 1. The van der Waals surface area contributed by atoms with Crippen molar-refractivity contribution in [3.05, 3.63) is 23.8 Å². The Morgan fingerprint density at radius 2 is 1.98 bits per heavy atom. The van der Waals surface area contributed by atoms with E-state index in [1.54, 1.807) is 19.9 Å². The predicted octanol–water partition coefficient (Wildman–Crippen LogP) is 2.33. The number of carbonyl (C=O) groups excluding carboxylic acids is 4. The number of allylic oxidation sites excluding steroid dienone is 4. The largest absolute Gasteiger partial charge is 0.447 e. The number of nitrogens with one attached hydrogen (secondary N) is 1. The van der Waals surface area contributed by atoms with Gasteiger partial charge < -0.3 is 19.9 Å². The number of esters is 2. The molecule has 0 unspecified atom stereocenters. The summed E-state index contributed by atoms with van der Waals surface area (Å²) in [5.74, 6) is -5.88. The zero-order valence-corrected chi connectivity index (χ0v) is 23.7. The number of carbonyl (C=O) groups is 4. The highest BCUT2D eigenvalue weighted by molar-refractivity contribution is 7.80. The number of ether oxygens (including phenoxy) is 2. The first-order chi connectivity index (χ1) is 18.6. The van der Waals surface area contributed by atoms with Crippen molar-refractivity contribution in [2.24, 2.45) is 28.6 Å². The van der Waals surface area contributed by atoms with Crippen molar-refractivity contribution in [1.82, 2.24) is 5.32 Å². The molecule has 10 atom stereocenters. The fourth-order valence-electron chi connectivity index (χ4n) is 8.08. The molecule has 9 nitrogen and oxygen atoms in total. The summed E-state index contributed by atoms with van der Waals surface area (Å²) in [4.78, 5) is 50.8. The van der Waals surface area contributed by atoms with E-state index in [1.807, 2.05) is 0 Å². The number of fused-ring (bicyclic) bond motifs is 5. The number of hydrogen-bond acceptors (Lipinski definition) is 9. The SMILES string of the molecule is CC(=O)N[C@@H](CS)C(=O)O[C@]1(C(=O)OCC#N)[C@H](C)C[C@H]2[C@@H]3C[C@H](F)C4=CC(=O)C=C[C@]4(C)[C@@]3(F)[C@@H](O)C[C@@]21C. The number of halogens is 2. The van der Waals surface area contributed by atoms with Gasteiger partial charge in [-0.1, -0.05) is 19.9 Å². The fraction of sp³-hybridized carbons (Fsp3) is 0.679. The summed E-state index contributed by atoms with van der Waals surface area (Å²) in [7, 11) is 0. The molecule has 2 N–H and O–H groups in total. The molecule has 0 bridgehead atoms. The van der Waals surface area contributed by atoms with Crippen LogP contribution >= 0.6 is 12.6 Å². The van der Waals surface area contributed by atoms with E-state index in [1.165, 1.54) is 26.0 Å². The monoisotopic (exact) mass is 580 g/mol. The van der Waals surface area contributed by atoms with Crippen molar-refractivity contribution < 1.29 is 42.5 Å². The van der Waals surface area contributed by atoms with Gasteiger partial charge in [-0.05, 0) is 49.8 Å². The third kappa shape index (κ3) is 4.03. The van der Waals surface area contributed by atoms with Crippen molar-refractivity contribution in [3.63, 3.8) is 0 Å². The van der Waals surface area contributed by atoms with Gasteiger partial charge in [-0.15, -0.1) is 0 Å². The molecule has 3 fully saturated rings. The van der Waals surface area contributed by atoms with E-state index >= 15 is 8.78 Å². The highest BCUT2D eigenvalue weighted by Crippen LogP contribution is 2.71. The number of hydrogen-bond donors (Lipinski definition) is 3. The minimum Gasteiger partial charge on any atom is -0.447 e. The van der Waals surface area contributed by atoms with Gasteiger partial charge in [0.1, 0.15) is 18.3 Å². The van der Waals surface area contributed by atoms with Gasteiger partial charge in [0.05, 0.1) is 6.10 Å². The molecule has 0 radical (unpaired) electrons. The smallest absolute Gasteiger partial charge is 0.352 e. The average molecular weight is 581 g/mol. The first-order valence-electron chi connectivity index (χ1n) is 13.2. The van der Waals surface area contributed by atoms with Crippen LogP contribution in [0.15, 0.2) is 23.8 Å². The molecule has 0 aromatic heterocycles. The number of alkyl halides is 2. The molecule has 4 aliphatic rings. The summed E-state index contributed by atoms with van der Waals surface area (Å²) >= 11 is 4.11. The lowest BCUT2D eigenvalue weighted by Crippen LogP contribution is -2.71. The van der Waals surface area contributed by atoms with Crippen LogP contribution in [0, 0.1) is 39.9 Å². The van der Waals surface area contributed by atoms with Crippen LogP contribution in [-0.2, 0) is 28.7 Å². The Labute approximate surface area is 236 Å². The van der Waals surface area contributed by atoms with Gasteiger partial charge in [-0.2, -0.15) is 17.9 Å². The summed E-state index contributed by atoms with van der Waals surface area (Å²) in [6, 6.07) is 0.474. The number of nitriles is 1. The molecular weight excluding hydrogens is 546 g/mol. The summed E-state index contributed by atoms with van der Waals surface area (Å²) in [6.07, 6.45) is -0.469. The van der Waals surface area contributed by atoms with E-state index in [9.17, 15) is 24.3 Å². The van der Waals surface area contributed by atoms with Gasteiger partial charge in [0.2, 0.25) is 11.5 Å². The van der Waals surface area contributed by atoms with Crippen molar-refractivity contribution in [1.29, 1.82) is 5.26 Å². The minimum absolute atomic E-state index is 0.0366. The van der Waals surface area contributed by atoms with Crippen LogP contribution < -0.4 is 5.32 Å². The van der Waals surface area contributed by atoms with Crippen molar-refractivity contribution >= 4 is 36.3 Å². The highest BCUT2D eigenvalue weighted by atomic mass is 32.1. The highest BCUT2D eigenvalue weighted by Gasteiger charge is 2.79. The Morgan fingerprint density at radius 1 is 1.30 bits per heavy atom. The van der Waals surface area contributed by atoms with Crippen LogP contribution in [0.1, 0.15) is 47.0 Å². The molecule has 0 aromatic rings. The Morgan fingerprint density at radius 3 is 2.58 bits per heavy atom. The molecule has 1 amide bonds. The van der Waals surface area contributed by atoms with Gasteiger partial charge in [0.15, 0.2) is 18.1 Å². The van der Waals surface area contributed by atoms with Crippen molar-refractivity contribution in [2.75, 3.05) is 12.4 Å². The van der Waals surface area contributed by atoms with E-state index in [2.05, 4.69) is 17.9 Å². The van der Waals surface area contributed by atoms with E-state index in [0.29, 0.717) is 0 Å². The fourth-order valence-corrected chi connectivity index (χ4v) is 8.32. The molecule has 12 heteroatoms. The van der Waals surface area contributed by atoms with Crippen LogP contribution in [-0.4, -0.2) is 70.7 Å². The zero-order chi connectivity index (χ0) is 29.8. The molecule has 0 aromatic carbocycles. The second-order valence-corrected chi connectivity index (χ2v) is 12.2. The number of thiol groups is 1. The number of ketones is 1. The maximum atomic E-state index is 17.5. The van der Waals surface area contributed by atoms with Gasteiger partial charge in [0.25, 0.3) is 0 Å². The maximum Gasteiger partial charge on any atom is 0.352 e. The molecule has 0 spiro atoms. The lowest BCUT2D eigenvalue weighted by molar-refractivity contribution is -0.239. The molecule has 40 heavy (non-hydrogen) atoms. The third-order valence-corrected chi connectivity index (χ3v) is 10.2. The Hall–Kier alpha value is -2.78. The second-order valence-electron chi connectivity index (χ2n) is 11.8. The number of rotatable bonds is 6. The molecule has 3 saturated carbocycles. The third-order valence-electron chi connectivity index (χ3n) is 9.85. The minimum atomic E-state index is -2.40. The number of aliphatic hydroxyl groups excluding tert-OH is 1. The quantitative estimate of drug-likeness (QED) is 0.321. The molecule has 4 rings (SSSR count). The van der Waals surface area contributed by atoms with E-state index in [0.717, 1.165) is 6.08 Å². The lowest BCUT2D eigenvalue weighted by Gasteiger charge is -2.63. The first kappa shape index (κ1) is 30.2. The topological polar surface area (TPSA) is 143 Å². The predicted molar refractivity (Wildman–Crippen MR) is 140 cm³/mol. The molecule has 4 aliphatic carbocycles. The zero-order valence-electron chi connectivity index (χ0n) is 22.8. The maximum absolute atomic E-state index is 17.5. The van der Waals surface area contributed by atoms with E-state index in [4.69, 9.17) is 14.7 Å². The average Bonchev–Trinajstić information content (AvgIpc) is 3.10. The summed E-state index contributed by atoms with van der Waals surface area (Å²) in [5, 5.41) is 23.0.